The summed E-state index contributed by atoms with van der Waals surface area (Å²) in [6, 6.07) is 14.7. The summed E-state index contributed by atoms with van der Waals surface area (Å²) in [5, 5.41) is 5.86. The van der Waals surface area contributed by atoms with Crippen LogP contribution in [0, 0.1) is 6.92 Å². The molecule has 0 aliphatic rings. The van der Waals surface area contributed by atoms with Gasteiger partial charge in [0.1, 0.15) is 0 Å². The van der Waals surface area contributed by atoms with Crippen LogP contribution >= 0.6 is 34.5 Å². The maximum Gasteiger partial charge on any atom is 0.0995 e. The van der Waals surface area contributed by atoms with Gasteiger partial charge in [0.05, 0.1) is 14.7 Å². The Morgan fingerprint density at radius 1 is 1.10 bits per heavy atom. The first-order valence-electron chi connectivity index (χ1n) is 6.72. The van der Waals surface area contributed by atoms with Crippen molar-refractivity contribution < 1.29 is 0 Å². The third kappa shape index (κ3) is 2.69. The van der Waals surface area contributed by atoms with Gasteiger partial charge < -0.3 is 5.32 Å². The van der Waals surface area contributed by atoms with Crippen molar-refractivity contribution in [2.24, 2.45) is 0 Å². The van der Waals surface area contributed by atoms with Gasteiger partial charge in [-0.3, -0.25) is 0 Å². The molecular formula is C17H15Cl2NS. The Balaban J connectivity index is 2.26. The standard InChI is InChI=1S/C17H15Cl2NS/c1-10-7-8-11-5-3-4-6-12(11)15(10)16(20-2)13-9-14(18)21-17(13)19/h3-9,16,20H,1-2H3. The van der Waals surface area contributed by atoms with Crippen LogP contribution in [-0.2, 0) is 0 Å². The smallest absolute Gasteiger partial charge is 0.0995 e. The molecule has 0 aliphatic carbocycles. The number of fused-ring (bicyclic) bond motifs is 1. The Hall–Kier alpha value is -1.06. The average Bonchev–Trinajstić information content (AvgIpc) is 2.81. The Kier molecular flexibility index (Phi) is 4.23. The number of rotatable bonds is 3. The van der Waals surface area contributed by atoms with Crippen LogP contribution in [0.5, 0.6) is 0 Å². The van der Waals surface area contributed by atoms with Crippen LogP contribution in [0.4, 0.5) is 0 Å². The normalized spacial score (nSPS) is 12.8. The van der Waals surface area contributed by atoms with Gasteiger partial charge >= 0.3 is 0 Å². The summed E-state index contributed by atoms with van der Waals surface area (Å²) in [6.07, 6.45) is 0. The second kappa shape index (κ2) is 5.98. The zero-order chi connectivity index (χ0) is 15.0. The van der Waals surface area contributed by atoms with E-state index in [-0.39, 0.29) is 6.04 Å². The molecule has 1 aromatic heterocycles. The van der Waals surface area contributed by atoms with Crippen molar-refractivity contribution in [3.8, 4) is 0 Å². The molecule has 1 N–H and O–H groups in total. The third-order valence-corrected chi connectivity index (χ3v) is 5.28. The molecule has 0 saturated heterocycles. The van der Waals surface area contributed by atoms with Crippen molar-refractivity contribution in [3.63, 3.8) is 0 Å². The zero-order valence-corrected chi connectivity index (χ0v) is 14.1. The predicted octanol–water partition coefficient (Wildman–Crippen LogP) is 5.83. The molecule has 0 bridgehead atoms. The molecule has 1 unspecified atom stereocenters. The number of nitrogens with one attached hydrogen (secondary N) is 1. The van der Waals surface area contributed by atoms with Crippen molar-refractivity contribution in [1.29, 1.82) is 0 Å². The number of aryl methyl sites for hydroxylation is 1. The number of hydrogen-bond donors (Lipinski definition) is 1. The van der Waals surface area contributed by atoms with E-state index in [1.807, 2.05) is 13.1 Å². The molecule has 0 aliphatic heterocycles. The van der Waals surface area contributed by atoms with Crippen molar-refractivity contribution in [3.05, 3.63) is 67.8 Å². The largest absolute Gasteiger partial charge is 0.309 e. The van der Waals surface area contributed by atoms with Gasteiger partial charge in [0, 0.05) is 5.56 Å². The summed E-state index contributed by atoms with van der Waals surface area (Å²) in [7, 11) is 1.95. The van der Waals surface area contributed by atoms with Gasteiger partial charge in [0.25, 0.3) is 0 Å². The molecule has 0 radical (unpaired) electrons. The molecule has 0 fully saturated rings. The molecule has 0 saturated carbocycles. The fraction of sp³-hybridized carbons (Fsp3) is 0.176. The Labute approximate surface area is 138 Å². The van der Waals surface area contributed by atoms with Gasteiger partial charge in [-0.1, -0.05) is 59.6 Å². The highest BCUT2D eigenvalue weighted by Crippen LogP contribution is 2.40. The van der Waals surface area contributed by atoms with Crippen LogP contribution in [0.1, 0.15) is 22.7 Å². The lowest BCUT2D eigenvalue weighted by molar-refractivity contribution is 0.695. The van der Waals surface area contributed by atoms with E-state index in [0.29, 0.717) is 4.34 Å². The summed E-state index contributed by atoms with van der Waals surface area (Å²) in [5.41, 5.74) is 3.53. The summed E-state index contributed by atoms with van der Waals surface area (Å²) in [5.74, 6) is 0. The maximum absolute atomic E-state index is 6.37. The van der Waals surface area contributed by atoms with E-state index in [2.05, 4.69) is 48.6 Å². The first-order chi connectivity index (χ1) is 10.1. The van der Waals surface area contributed by atoms with Crippen LogP contribution in [0.15, 0.2) is 42.5 Å². The summed E-state index contributed by atoms with van der Waals surface area (Å²) >= 11 is 13.9. The van der Waals surface area contributed by atoms with Crippen LogP contribution in [0.25, 0.3) is 10.8 Å². The molecule has 1 heterocycles. The van der Waals surface area contributed by atoms with Gasteiger partial charge in [-0.15, -0.1) is 11.3 Å². The van der Waals surface area contributed by atoms with E-state index >= 15 is 0 Å². The lowest BCUT2D eigenvalue weighted by Crippen LogP contribution is -2.18. The van der Waals surface area contributed by atoms with E-state index < -0.39 is 0 Å². The third-order valence-electron chi connectivity index (χ3n) is 3.76. The monoisotopic (exact) mass is 335 g/mol. The highest BCUT2D eigenvalue weighted by molar-refractivity contribution is 7.20. The zero-order valence-electron chi connectivity index (χ0n) is 11.8. The molecule has 1 nitrogen and oxygen atoms in total. The molecule has 21 heavy (non-hydrogen) atoms. The van der Waals surface area contributed by atoms with Gasteiger partial charge in [0.2, 0.25) is 0 Å². The van der Waals surface area contributed by atoms with E-state index in [1.165, 1.54) is 33.2 Å². The van der Waals surface area contributed by atoms with Gasteiger partial charge in [0.15, 0.2) is 0 Å². The Bertz CT molecular complexity index is 795. The van der Waals surface area contributed by atoms with E-state index in [4.69, 9.17) is 23.2 Å². The van der Waals surface area contributed by atoms with Gasteiger partial charge in [-0.05, 0) is 41.9 Å². The number of thiophene rings is 1. The first kappa shape index (κ1) is 14.9. The summed E-state index contributed by atoms with van der Waals surface area (Å²) in [4.78, 5) is 0. The summed E-state index contributed by atoms with van der Waals surface area (Å²) < 4.78 is 1.46. The highest BCUT2D eigenvalue weighted by atomic mass is 35.5. The van der Waals surface area contributed by atoms with Gasteiger partial charge in [-0.25, -0.2) is 0 Å². The second-order valence-corrected chi connectivity index (χ2v) is 7.30. The van der Waals surface area contributed by atoms with Crippen molar-refractivity contribution in [2.75, 3.05) is 7.05 Å². The van der Waals surface area contributed by atoms with E-state index in [9.17, 15) is 0 Å². The number of halogens is 2. The fourth-order valence-corrected chi connectivity index (χ4v) is 4.33. The first-order valence-corrected chi connectivity index (χ1v) is 8.29. The lowest BCUT2D eigenvalue weighted by Gasteiger charge is -2.21. The topological polar surface area (TPSA) is 12.0 Å². The molecule has 3 aromatic rings. The fourth-order valence-electron chi connectivity index (χ4n) is 2.79. The van der Waals surface area contributed by atoms with Gasteiger partial charge in [-0.2, -0.15) is 0 Å². The van der Waals surface area contributed by atoms with Crippen LogP contribution in [-0.4, -0.2) is 7.05 Å². The molecular weight excluding hydrogens is 321 g/mol. The summed E-state index contributed by atoms with van der Waals surface area (Å²) in [6.45, 7) is 2.13. The van der Waals surface area contributed by atoms with E-state index in [1.54, 1.807) is 0 Å². The van der Waals surface area contributed by atoms with E-state index in [0.717, 1.165) is 9.90 Å². The predicted molar refractivity (Wildman–Crippen MR) is 93.9 cm³/mol. The molecule has 1 atom stereocenters. The van der Waals surface area contributed by atoms with Crippen molar-refractivity contribution >= 4 is 45.3 Å². The van der Waals surface area contributed by atoms with Crippen LogP contribution in [0.2, 0.25) is 8.67 Å². The number of benzene rings is 2. The lowest BCUT2D eigenvalue weighted by atomic mass is 9.91. The molecule has 2 aromatic carbocycles. The molecule has 0 spiro atoms. The van der Waals surface area contributed by atoms with Crippen molar-refractivity contribution in [2.45, 2.75) is 13.0 Å². The molecule has 4 heteroatoms. The van der Waals surface area contributed by atoms with Crippen LogP contribution in [0.3, 0.4) is 0 Å². The molecule has 3 rings (SSSR count). The quantitative estimate of drug-likeness (QED) is 0.635. The molecule has 0 amide bonds. The van der Waals surface area contributed by atoms with Crippen LogP contribution < -0.4 is 5.32 Å². The minimum absolute atomic E-state index is 0.0346. The minimum atomic E-state index is 0.0346. The Morgan fingerprint density at radius 2 is 1.86 bits per heavy atom. The maximum atomic E-state index is 6.37. The average molecular weight is 336 g/mol. The minimum Gasteiger partial charge on any atom is -0.309 e. The SMILES string of the molecule is CNC(c1cc(Cl)sc1Cl)c1c(C)ccc2ccccc12. The second-order valence-electron chi connectivity index (χ2n) is 5.02. The highest BCUT2D eigenvalue weighted by Gasteiger charge is 2.21. The molecule has 108 valence electrons. The van der Waals surface area contributed by atoms with Crippen molar-refractivity contribution in [1.82, 2.24) is 5.32 Å². The number of hydrogen-bond acceptors (Lipinski definition) is 2. The Morgan fingerprint density at radius 3 is 2.52 bits per heavy atom.